The van der Waals surface area contributed by atoms with Crippen LogP contribution in [-0.4, -0.2) is 33.9 Å². The number of hydrogen-bond acceptors (Lipinski definition) is 5. The van der Waals surface area contributed by atoms with E-state index in [2.05, 4.69) is 6.58 Å². The van der Waals surface area contributed by atoms with Crippen molar-refractivity contribution in [2.24, 2.45) is 0 Å². The van der Waals surface area contributed by atoms with Gasteiger partial charge in [0.1, 0.15) is 23.9 Å². The van der Waals surface area contributed by atoms with E-state index in [4.69, 9.17) is 18.9 Å². The molecular weight excluding hydrogens is 272 g/mol. The van der Waals surface area contributed by atoms with Gasteiger partial charge in [-0.3, -0.25) is 0 Å². The van der Waals surface area contributed by atoms with Crippen LogP contribution >= 0.6 is 0 Å². The Morgan fingerprint density at radius 1 is 1.14 bits per heavy atom. The Morgan fingerprint density at radius 3 is 2.14 bits per heavy atom. The molecule has 0 aliphatic carbocycles. The summed E-state index contributed by atoms with van der Waals surface area (Å²) in [5.41, 5.74) is 1.11. The molecule has 0 amide bonds. The Hall–Kier alpha value is -2.43. The van der Waals surface area contributed by atoms with Gasteiger partial charge in [0.2, 0.25) is 0 Å². The minimum Gasteiger partial charge on any atom is -0.496 e. The van der Waals surface area contributed by atoms with Crippen molar-refractivity contribution >= 4 is 12.0 Å². The number of rotatable bonds is 7. The van der Waals surface area contributed by atoms with Gasteiger partial charge >= 0.3 is 5.97 Å². The molecule has 0 saturated carbocycles. The number of ether oxygens (including phenoxy) is 4. The zero-order chi connectivity index (χ0) is 15.8. The quantitative estimate of drug-likeness (QED) is 0.571. The molecular formula is C16H20O5. The second-order valence-electron chi connectivity index (χ2n) is 4.23. The molecule has 0 bridgehead atoms. The van der Waals surface area contributed by atoms with Gasteiger partial charge in [0.05, 0.1) is 26.9 Å². The first kappa shape index (κ1) is 16.6. The maximum absolute atomic E-state index is 11.3. The molecule has 0 aliphatic heterocycles. The molecule has 1 aromatic carbocycles. The number of carbonyl (C=O) groups is 1. The molecule has 0 radical (unpaired) electrons. The van der Waals surface area contributed by atoms with Crippen molar-refractivity contribution in [3.05, 3.63) is 35.9 Å². The summed E-state index contributed by atoms with van der Waals surface area (Å²) in [5, 5.41) is 0. The van der Waals surface area contributed by atoms with Crippen LogP contribution in [0, 0.1) is 0 Å². The maximum atomic E-state index is 11.3. The van der Waals surface area contributed by atoms with Crippen LogP contribution in [-0.2, 0) is 9.53 Å². The number of carbonyl (C=O) groups excluding carboxylic acids is 1. The summed E-state index contributed by atoms with van der Waals surface area (Å²) < 4.78 is 20.8. The third kappa shape index (κ3) is 4.56. The molecule has 114 valence electrons. The van der Waals surface area contributed by atoms with Gasteiger partial charge in [0, 0.05) is 17.7 Å². The van der Waals surface area contributed by atoms with E-state index >= 15 is 0 Å². The van der Waals surface area contributed by atoms with Gasteiger partial charge in [-0.05, 0) is 19.1 Å². The minimum atomic E-state index is -0.423. The summed E-state index contributed by atoms with van der Waals surface area (Å²) in [6, 6.07) is 3.50. The van der Waals surface area contributed by atoms with E-state index in [-0.39, 0.29) is 6.61 Å². The Balaban J connectivity index is 2.91. The van der Waals surface area contributed by atoms with Crippen molar-refractivity contribution in [3.8, 4) is 17.2 Å². The summed E-state index contributed by atoms with van der Waals surface area (Å²) in [7, 11) is 4.69. The van der Waals surface area contributed by atoms with Crippen molar-refractivity contribution in [3.63, 3.8) is 0 Å². The first-order chi connectivity index (χ1) is 10.0. The molecule has 0 fully saturated rings. The predicted molar refractivity (Wildman–Crippen MR) is 80.9 cm³/mol. The molecule has 0 aromatic heterocycles. The molecule has 0 saturated heterocycles. The number of hydrogen-bond donors (Lipinski definition) is 0. The lowest BCUT2D eigenvalue weighted by Gasteiger charge is -2.12. The molecule has 5 heteroatoms. The van der Waals surface area contributed by atoms with Gasteiger partial charge in [-0.2, -0.15) is 0 Å². The van der Waals surface area contributed by atoms with Crippen molar-refractivity contribution in [2.45, 2.75) is 6.92 Å². The lowest BCUT2D eigenvalue weighted by atomic mass is 10.1. The summed E-state index contributed by atoms with van der Waals surface area (Å²) in [6.45, 7) is 5.25. The fourth-order valence-corrected chi connectivity index (χ4v) is 1.61. The predicted octanol–water partition coefficient (Wildman–Crippen LogP) is 2.84. The normalized spacial score (nSPS) is 10.3. The fraction of sp³-hybridized carbons (Fsp3) is 0.312. The van der Waals surface area contributed by atoms with Crippen LogP contribution in [0.2, 0.25) is 0 Å². The topological polar surface area (TPSA) is 54.0 Å². The summed E-state index contributed by atoms with van der Waals surface area (Å²) in [4.78, 5) is 11.3. The largest absolute Gasteiger partial charge is 0.496 e. The van der Waals surface area contributed by atoms with E-state index in [0.717, 1.165) is 5.56 Å². The Bertz CT molecular complexity index is 521. The molecule has 21 heavy (non-hydrogen) atoms. The molecule has 0 aliphatic rings. The van der Waals surface area contributed by atoms with Gasteiger partial charge in [0.25, 0.3) is 0 Å². The van der Waals surface area contributed by atoms with Crippen LogP contribution in [0.5, 0.6) is 17.2 Å². The third-order valence-electron chi connectivity index (χ3n) is 2.70. The fourth-order valence-electron chi connectivity index (χ4n) is 1.61. The standard InChI is InChI=1S/C16H20O5/c1-11(2)16(17)21-8-6-7-13-14(19-4)9-12(18-3)10-15(13)20-5/h6-7,9-10H,1,8H2,2-5H3/b7-6+. The maximum Gasteiger partial charge on any atom is 0.333 e. The molecule has 0 unspecified atom stereocenters. The highest BCUT2D eigenvalue weighted by Crippen LogP contribution is 2.34. The number of methoxy groups -OCH3 is 3. The van der Waals surface area contributed by atoms with Gasteiger partial charge in [0.15, 0.2) is 0 Å². The average Bonchev–Trinajstić information content (AvgIpc) is 2.50. The molecule has 0 heterocycles. The first-order valence-corrected chi connectivity index (χ1v) is 6.32. The highest BCUT2D eigenvalue weighted by Gasteiger charge is 2.10. The molecule has 0 spiro atoms. The van der Waals surface area contributed by atoms with Gasteiger partial charge < -0.3 is 18.9 Å². The van der Waals surface area contributed by atoms with Gasteiger partial charge in [-0.15, -0.1) is 0 Å². The van der Waals surface area contributed by atoms with Crippen molar-refractivity contribution in [1.29, 1.82) is 0 Å². The molecule has 0 atom stereocenters. The van der Waals surface area contributed by atoms with Gasteiger partial charge in [-0.1, -0.05) is 6.58 Å². The monoisotopic (exact) mass is 292 g/mol. The summed E-state index contributed by atoms with van der Waals surface area (Å²) in [5.74, 6) is 1.42. The van der Waals surface area contributed by atoms with Crippen molar-refractivity contribution in [2.75, 3.05) is 27.9 Å². The zero-order valence-electron chi connectivity index (χ0n) is 12.8. The van der Waals surface area contributed by atoms with Crippen LogP contribution < -0.4 is 14.2 Å². The SMILES string of the molecule is C=C(C)C(=O)OC/C=C/c1c(OC)cc(OC)cc1OC. The highest BCUT2D eigenvalue weighted by atomic mass is 16.5. The van der Waals surface area contributed by atoms with E-state index in [1.807, 2.05) is 0 Å². The van der Waals surface area contributed by atoms with Crippen molar-refractivity contribution in [1.82, 2.24) is 0 Å². The Kier molecular flexibility index (Phi) is 6.33. The van der Waals surface area contributed by atoms with E-state index in [1.54, 1.807) is 52.5 Å². The third-order valence-corrected chi connectivity index (χ3v) is 2.70. The van der Waals surface area contributed by atoms with E-state index in [9.17, 15) is 4.79 Å². The first-order valence-electron chi connectivity index (χ1n) is 6.32. The van der Waals surface area contributed by atoms with Crippen LogP contribution in [0.25, 0.3) is 6.08 Å². The second kappa shape index (κ2) is 7.99. The lowest BCUT2D eigenvalue weighted by molar-refractivity contribution is -0.137. The molecule has 5 nitrogen and oxygen atoms in total. The van der Waals surface area contributed by atoms with Crippen LogP contribution in [0.15, 0.2) is 30.4 Å². The summed E-state index contributed by atoms with van der Waals surface area (Å²) >= 11 is 0. The highest BCUT2D eigenvalue weighted by molar-refractivity contribution is 5.87. The lowest BCUT2D eigenvalue weighted by Crippen LogP contribution is -2.04. The van der Waals surface area contributed by atoms with Crippen LogP contribution in [0.3, 0.4) is 0 Å². The number of benzene rings is 1. The Labute approximate surface area is 124 Å². The van der Waals surface area contributed by atoms with E-state index in [0.29, 0.717) is 22.8 Å². The second-order valence-corrected chi connectivity index (χ2v) is 4.23. The zero-order valence-corrected chi connectivity index (χ0v) is 12.8. The average molecular weight is 292 g/mol. The van der Waals surface area contributed by atoms with Crippen LogP contribution in [0.1, 0.15) is 12.5 Å². The van der Waals surface area contributed by atoms with Crippen molar-refractivity contribution < 1.29 is 23.7 Å². The Morgan fingerprint density at radius 2 is 1.71 bits per heavy atom. The molecule has 1 aromatic rings. The number of esters is 1. The summed E-state index contributed by atoms with van der Waals surface area (Å²) in [6.07, 6.45) is 3.47. The van der Waals surface area contributed by atoms with E-state index in [1.165, 1.54) is 0 Å². The van der Waals surface area contributed by atoms with Crippen LogP contribution in [0.4, 0.5) is 0 Å². The smallest absolute Gasteiger partial charge is 0.333 e. The van der Waals surface area contributed by atoms with Gasteiger partial charge in [-0.25, -0.2) is 4.79 Å². The molecule has 0 N–H and O–H groups in total. The minimum absolute atomic E-state index is 0.143. The molecule has 1 rings (SSSR count). The van der Waals surface area contributed by atoms with E-state index < -0.39 is 5.97 Å².